The molecule has 1 saturated heterocycles. The Balaban J connectivity index is 1.76. The number of hydrogen-bond acceptors (Lipinski definition) is 4. The van der Waals surface area contributed by atoms with Crippen molar-refractivity contribution < 1.29 is 18.3 Å². The molecule has 1 aromatic carbocycles. The Labute approximate surface area is 145 Å². The number of rotatable bonds is 5. The van der Waals surface area contributed by atoms with Crippen molar-refractivity contribution in [3.8, 4) is 5.75 Å². The molecule has 0 radical (unpaired) electrons. The number of ether oxygens (including phenoxy) is 1. The number of nitrogens with zero attached hydrogens (tertiary/aromatic N) is 3. The monoisotopic (exact) mass is 349 g/mol. The van der Waals surface area contributed by atoms with Gasteiger partial charge in [-0.25, -0.2) is 13.8 Å². The number of carbonyl (C=O) groups excluding carboxylic acids is 1. The van der Waals surface area contributed by atoms with Gasteiger partial charge in [0.2, 0.25) is 5.78 Å². The van der Waals surface area contributed by atoms with Crippen molar-refractivity contribution in [1.82, 2.24) is 14.5 Å². The number of carbonyl (C=O) groups is 1. The average Bonchev–Trinajstić information content (AvgIpc) is 3.05. The van der Waals surface area contributed by atoms with Gasteiger partial charge in [0.25, 0.3) is 0 Å². The lowest BCUT2D eigenvalue weighted by Crippen LogP contribution is -2.39. The topological polar surface area (TPSA) is 47.4 Å². The Morgan fingerprint density at radius 1 is 1.40 bits per heavy atom. The third-order valence-corrected chi connectivity index (χ3v) is 4.67. The summed E-state index contributed by atoms with van der Waals surface area (Å²) in [5.74, 6) is -1.25. The fourth-order valence-electron chi connectivity index (χ4n) is 3.34. The molecule has 1 aliphatic rings. The Hall–Kier alpha value is -2.28. The van der Waals surface area contributed by atoms with Crippen molar-refractivity contribution in [3.63, 3.8) is 0 Å². The molecule has 25 heavy (non-hydrogen) atoms. The molecule has 5 nitrogen and oxygen atoms in total. The zero-order valence-corrected chi connectivity index (χ0v) is 14.3. The lowest BCUT2D eigenvalue weighted by molar-refractivity contribution is 0.0795. The minimum atomic E-state index is -0.895. The lowest BCUT2D eigenvalue weighted by Gasteiger charge is -2.32. The van der Waals surface area contributed by atoms with Gasteiger partial charge < -0.3 is 9.30 Å². The third-order valence-electron chi connectivity index (χ3n) is 4.67. The van der Waals surface area contributed by atoms with E-state index in [-0.39, 0.29) is 23.8 Å². The van der Waals surface area contributed by atoms with Crippen molar-refractivity contribution in [2.45, 2.75) is 19.4 Å². The Bertz CT molecular complexity index is 776. The van der Waals surface area contributed by atoms with E-state index in [1.807, 2.05) is 4.90 Å². The summed E-state index contributed by atoms with van der Waals surface area (Å²) in [6.45, 7) is 1.42. The quantitative estimate of drug-likeness (QED) is 0.779. The van der Waals surface area contributed by atoms with Crippen LogP contribution in [-0.2, 0) is 13.6 Å². The number of halogens is 2. The highest BCUT2D eigenvalue weighted by Crippen LogP contribution is 2.28. The number of aromatic nitrogens is 2. The number of imidazole rings is 1. The van der Waals surface area contributed by atoms with Gasteiger partial charge in [0.1, 0.15) is 5.75 Å². The normalized spacial score (nSPS) is 18.3. The second-order valence-electron chi connectivity index (χ2n) is 6.34. The van der Waals surface area contributed by atoms with Crippen molar-refractivity contribution in [1.29, 1.82) is 0 Å². The SMILES string of the molecule is COc1ccc(F)c(F)c1CN1CCC[C@@H](C(=O)c2nccn2C)C1. The molecule has 0 unspecified atom stereocenters. The molecule has 0 amide bonds. The van der Waals surface area contributed by atoms with Crippen LogP contribution in [0.3, 0.4) is 0 Å². The van der Waals surface area contributed by atoms with Gasteiger partial charge >= 0.3 is 0 Å². The van der Waals surface area contributed by atoms with Gasteiger partial charge in [-0.15, -0.1) is 0 Å². The van der Waals surface area contributed by atoms with Crippen LogP contribution in [0.2, 0.25) is 0 Å². The molecule has 7 heteroatoms. The van der Waals surface area contributed by atoms with Crippen LogP contribution in [0.15, 0.2) is 24.5 Å². The van der Waals surface area contributed by atoms with Crippen LogP contribution in [0.25, 0.3) is 0 Å². The van der Waals surface area contributed by atoms with E-state index in [4.69, 9.17) is 4.74 Å². The first-order chi connectivity index (χ1) is 12.0. The molecule has 0 N–H and O–H groups in total. The van der Waals surface area contributed by atoms with Crippen molar-refractivity contribution in [3.05, 3.63) is 47.5 Å². The minimum absolute atomic E-state index is 0.0103. The predicted octanol–water partition coefficient (Wildman–Crippen LogP) is 2.80. The fourth-order valence-corrected chi connectivity index (χ4v) is 3.34. The van der Waals surface area contributed by atoms with Gasteiger partial charge in [0.05, 0.1) is 7.11 Å². The van der Waals surface area contributed by atoms with Gasteiger partial charge in [-0.2, -0.15) is 0 Å². The summed E-state index contributed by atoms with van der Waals surface area (Å²) < 4.78 is 34.6. The van der Waals surface area contributed by atoms with Crippen LogP contribution in [0.4, 0.5) is 8.78 Å². The van der Waals surface area contributed by atoms with E-state index in [0.717, 1.165) is 25.5 Å². The zero-order valence-electron chi connectivity index (χ0n) is 14.3. The minimum Gasteiger partial charge on any atom is -0.496 e. The van der Waals surface area contributed by atoms with Gasteiger partial charge in [0, 0.05) is 44.0 Å². The van der Waals surface area contributed by atoms with Crippen molar-refractivity contribution >= 4 is 5.78 Å². The zero-order chi connectivity index (χ0) is 18.0. The summed E-state index contributed by atoms with van der Waals surface area (Å²) in [5, 5.41) is 0. The van der Waals surface area contributed by atoms with Crippen LogP contribution in [0.1, 0.15) is 29.0 Å². The maximum Gasteiger partial charge on any atom is 0.202 e. The second kappa shape index (κ2) is 7.31. The maximum absolute atomic E-state index is 14.2. The molecule has 1 aromatic heterocycles. The Morgan fingerprint density at radius 3 is 2.88 bits per heavy atom. The van der Waals surface area contributed by atoms with Crippen LogP contribution < -0.4 is 4.74 Å². The second-order valence-corrected chi connectivity index (χ2v) is 6.34. The third kappa shape index (κ3) is 3.56. The van der Waals surface area contributed by atoms with E-state index >= 15 is 0 Å². The first kappa shape index (κ1) is 17.5. The fraction of sp³-hybridized carbons (Fsp3) is 0.444. The van der Waals surface area contributed by atoms with Crippen LogP contribution in [0, 0.1) is 17.6 Å². The summed E-state index contributed by atoms with van der Waals surface area (Å²) in [6.07, 6.45) is 4.92. The Morgan fingerprint density at radius 2 is 2.20 bits per heavy atom. The number of likely N-dealkylation sites (tertiary alicyclic amines) is 1. The number of ketones is 1. The number of benzene rings is 1. The van der Waals surface area contributed by atoms with Gasteiger partial charge in [-0.1, -0.05) is 0 Å². The summed E-state index contributed by atoms with van der Waals surface area (Å²) >= 11 is 0. The highest BCUT2D eigenvalue weighted by molar-refractivity contribution is 5.94. The molecule has 0 bridgehead atoms. The largest absolute Gasteiger partial charge is 0.496 e. The summed E-state index contributed by atoms with van der Waals surface area (Å²) in [6, 6.07) is 2.48. The first-order valence-corrected chi connectivity index (χ1v) is 8.26. The smallest absolute Gasteiger partial charge is 0.202 e. The van der Waals surface area contributed by atoms with Crippen molar-refractivity contribution in [2.75, 3.05) is 20.2 Å². The number of methoxy groups -OCH3 is 1. The molecule has 1 atom stereocenters. The van der Waals surface area contributed by atoms with Crippen LogP contribution in [0.5, 0.6) is 5.75 Å². The predicted molar refractivity (Wildman–Crippen MR) is 88.4 cm³/mol. The van der Waals surface area contributed by atoms with E-state index in [9.17, 15) is 13.6 Å². The molecule has 0 spiro atoms. The molecular formula is C18H21F2N3O2. The molecule has 3 rings (SSSR count). The van der Waals surface area contributed by atoms with Gasteiger partial charge in [-0.3, -0.25) is 9.69 Å². The highest BCUT2D eigenvalue weighted by Gasteiger charge is 2.29. The van der Waals surface area contributed by atoms with E-state index < -0.39 is 11.6 Å². The number of hydrogen-bond donors (Lipinski definition) is 0. The van der Waals surface area contributed by atoms with E-state index in [1.54, 1.807) is 24.0 Å². The highest BCUT2D eigenvalue weighted by atomic mass is 19.2. The number of aryl methyl sites for hydroxylation is 1. The maximum atomic E-state index is 14.2. The summed E-state index contributed by atoms with van der Waals surface area (Å²) in [4.78, 5) is 18.7. The molecule has 2 heterocycles. The lowest BCUT2D eigenvalue weighted by atomic mass is 9.93. The molecule has 0 aliphatic carbocycles. The van der Waals surface area contributed by atoms with Gasteiger partial charge in [-0.05, 0) is 31.5 Å². The van der Waals surface area contributed by atoms with E-state index in [1.165, 1.54) is 13.2 Å². The van der Waals surface area contributed by atoms with Gasteiger partial charge in [0.15, 0.2) is 17.5 Å². The van der Waals surface area contributed by atoms with Crippen LogP contribution in [-0.4, -0.2) is 40.4 Å². The number of Topliss-reactive ketones (excluding diaryl/α,β-unsaturated/α-hetero) is 1. The average molecular weight is 349 g/mol. The molecule has 0 saturated carbocycles. The molecule has 134 valence electrons. The van der Waals surface area contributed by atoms with Crippen molar-refractivity contribution in [2.24, 2.45) is 13.0 Å². The Kier molecular flexibility index (Phi) is 5.13. The van der Waals surface area contributed by atoms with E-state index in [0.29, 0.717) is 18.1 Å². The summed E-state index contributed by atoms with van der Waals surface area (Å²) in [7, 11) is 3.22. The number of piperidine rings is 1. The van der Waals surface area contributed by atoms with E-state index in [2.05, 4.69) is 4.98 Å². The summed E-state index contributed by atoms with van der Waals surface area (Å²) in [5.41, 5.74) is 0.188. The molecule has 2 aromatic rings. The molecule has 1 fully saturated rings. The standard InChI is InChI=1S/C18H21F2N3O2/c1-22-9-7-21-18(22)17(24)12-4-3-8-23(10-12)11-13-15(25-2)6-5-14(19)16(13)20/h5-7,9,12H,3-4,8,10-11H2,1-2H3/t12-/m1/s1. The van der Waals surface area contributed by atoms with Crippen LogP contribution >= 0.6 is 0 Å². The molecular weight excluding hydrogens is 328 g/mol. The first-order valence-electron chi connectivity index (χ1n) is 8.26. The molecule has 1 aliphatic heterocycles.